The van der Waals surface area contributed by atoms with Crippen LogP contribution in [0.25, 0.3) is 0 Å². The first-order valence-corrected chi connectivity index (χ1v) is 7.03. The summed E-state index contributed by atoms with van der Waals surface area (Å²) < 4.78 is 0. The zero-order valence-corrected chi connectivity index (χ0v) is 13.9. The lowest BCUT2D eigenvalue weighted by Crippen LogP contribution is -2.37. The van der Waals surface area contributed by atoms with Gasteiger partial charge in [-0.05, 0) is 26.2 Å². The van der Waals surface area contributed by atoms with E-state index in [1.54, 1.807) is 0 Å². The van der Waals surface area contributed by atoms with Crippen molar-refractivity contribution in [3.05, 3.63) is 0 Å². The predicted octanol–water partition coefficient (Wildman–Crippen LogP) is 1.56. The Bertz CT molecular complexity index is 380. The molecule has 0 N–H and O–H groups in total. The first-order chi connectivity index (χ1) is 9.31. The second-order valence-electron chi connectivity index (χ2n) is 5.75. The zero-order valence-electron chi connectivity index (χ0n) is 13.9. The molecule has 0 aliphatic heterocycles. The largest absolute Gasteiger partial charge is 0.303 e. The number of nitrogens with zero attached hydrogens (tertiary/aromatic N) is 6. The van der Waals surface area contributed by atoms with E-state index in [4.69, 9.17) is 0 Å². The SMILES string of the molecule is CC(=NN(C)C)C1C(=NN(C)C)CCCC1=NN(C)C. The molecule has 0 aromatic rings. The molecule has 6 nitrogen and oxygen atoms in total. The van der Waals surface area contributed by atoms with Crippen LogP contribution >= 0.6 is 0 Å². The van der Waals surface area contributed by atoms with Crippen LogP contribution in [0.4, 0.5) is 0 Å². The number of hydrogen-bond donors (Lipinski definition) is 0. The van der Waals surface area contributed by atoms with E-state index in [-0.39, 0.29) is 5.92 Å². The standard InChI is InChI=1S/C14H28N6/c1-11(15-18(2)3)14-12(16-19(4)5)9-8-10-13(14)17-20(6)7/h14H,8-10H2,1-7H3. The topological polar surface area (TPSA) is 46.8 Å². The van der Waals surface area contributed by atoms with E-state index < -0.39 is 0 Å². The van der Waals surface area contributed by atoms with Crippen molar-refractivity contribution in [3.63, 3.8) is 0 Å². The molecule has 0 bridgehead atoms. The summed E-state index contributed by atoms with van der Waals surface area (Å²) in [6.07, 6.45) is 3.12. The molecule has 0 spiro atoms. The summed E-state index contributed by atoms with van der Waals surface area (Å²) in [6, 6.07) is 0. The highest BCUT2D eigenvalue weighted by molar-refractivity contribution is 6.24. The maximum Gasteiger partial charge on any atom is 0.0790 e. The summed E-state index contributed by atoms with van der Waals surface area (Å²) in [6.45, 7) is 2.06. The number of rotatable bonds is 4. The van der Waals surface area contributed by atoms with Crippen LogP contribution in [0.5, 0.6) is 0 Å². The van der Waals surface area contributed by atoms with Gasteiger partial charge in [0.2, 0.25) is 0 Å². The van der Waals surface area contributed by atoms with Crippen LogP contribution in [0.3, 0.4) is 0 Å². The predicted molar refractivity (Wildman–Crippen MR) is 86.4 cm³/mol. The second-order valence-corrected chi connectivity index (χ2v) is 5.75. The molecule has 0 saturated heterocycles. The second kappa shape index (κ2) is 7.26. The molecule has 20 heavy (non-hydrogen) atoms. The average molecular weight is 280 g/mol. The van der Waals surface area contributed by atoms with E-state index >= 15 is 0 Å². The van der Waals surface area contributed by atoms with Crippen LogP contribution < -0.4 is 0 Å². The Morgan fingerprint density at radius 1 is 0.850 bits per heavy atom. The Balaban J connectivity index is 3.19. The molecule has 0 aromatic heterocycles. The molecule has 6 heteroatoms. The lowest BCUT2D eigenvalue weighted by Gasteiger charge is -2.28. The van der Waals surface area contributed by atoms with Crippen molar-refractivity contribution in [3.8, 4) is 0 Å². The first-order valence-electron chi connectivity index (χ1n) is 7.03. The Labute approximate surface area is 122 Å². The van der Waals surface area contributed by atoms with Crippen LogP contribution in [-0.2, 0) is 0 Å². The minimum Gasteiger partial charge on any atom is -0.303 e. The maximum atomic E-state index is 4.66. The van der Waals surface area contributed by atoms with Crippen molar-refractivity contribution < 1.29 is 0 Å². The fourth-order valence-corrected chi connectivity index (χ4v) is 2.52. The van der Waals surface area contributed by atoms with Crippen molar-refractivity contribution >= 4 is 17.1 Å². The zero-order chi connectivity index (χ0) is 15.3. The highest BCUT2D eigenvalue weighted by atomic mass is 15.4. The third kappa shape index (κ3) is 4.83. The van der Waals surface area contributed by atoms with Gasteiger partial charge in [0.1, 0.15) is 0 Å². The van der Waals surface area contributed by atoms with Gasteiger partial charge < -0.3 is 15.0 Å². The monoisotopic (exact) mass is 280 g/mol. The molecule has 0 atom stereocenters. The van der Waals surface area contributed by atoms with E-state index in [1.807, 2.05) is 57.3 Å². The van der Waals surface area contributed by atoms with Gasteiger partial charge in [-0.3, -0.25) is 0 Å². The van der Waals surface area contributed by atoms with Gasteiger partial charge in [0, 0.05) is 48.0 Å². The Morgan fingerprint density at radius 2 is 1.30 bits per heavy atom. The lowest BCUT2D eigenvalue weighted by molar-refractivity contribution is 0.423. The fourth-order valence-electron chi connectivity index (χ4n) is 2.52. The van der Waals surface area contributed by atoms with E-state index in [9.17, 15) is 0 Å². The molecular weight excluding hydrogens is 252 g/mol. The summed E-state index contributed by atoms with van der Waals surface area (Å²) in [5, 5.41) is 19.4. The molecule has 1 aliphatic carbocycles. The summed E-state index contributed by atoms with van der Waals surface area (Å²) >= 11 is 0. The van der Waals surface area contributed by atoms with Crippen molar-refractivity contribution in [1.29, 1.82) is 0 Å². The van der Waals surface area contributed by atoms with Crippen LogP contribution in [0, 0.1) is 5.92 Å². The molecule has 1 saturated carbocycles. The summed E-state index contributed by atoms with van der Waals surface area (Å²) in [4.78, 5) is 0. The van der Waals surface area contributed by atoms with Crippen LogP contribution in [0.15, 0.2) is 15.3 Å². The first kappa shape index (κ1) is 16.5. The van der Waals surface area contributed by atoms with Gasteiger partial charge in [0.05, 0.1) is 17.3 Å². The molecule has 1 fully saturated rings. The van der Waals surface area contributed by atoms with Crippen LogP contribution in [0.2, 0.25) is 0 Å². The maximum absolute atomic E-state index is 4.66. The minimum atomic E-state index is 0.121. The minimum absolute atomic E-state index is 0.121. The van der Waals surface area contributed by atoms with E-state index in [1.165, 1.54) is 0 Å². The lowest BCUT2D eigenvalue weighted by atomic mass is 9.82. The normalized spacial score (nSPS) is 24.1. The van der Waals surface area contributed by atoms with Crippen molar-refractivity contribution in [2.75, 3.05) is 42.3 Å². The fraction of sp³-hybridized carbons (Fsp3) is 0.786. The van der Waals surface area contributed by atoms with Gasteiger partial charge in [-0.15, -0.1) is 0 Å². The van der Waals surface area contributed by atoms with Crippen LogP contribution in [0.1, 0.15) is 26.2 Å². The van der Waals surface area contributed by atoms with Gasteiger partial charge in [0.15, 0.2) is 0 Å². The average Bonchev–Trinajstić information content (AvgIpc) is 2.26. The van der Waals surface area contributed by atoms with Crippen LogP contribution in [-0.4, -0.2) is 74.4 Å². The molecular formula is C14H28N6. The molecule has 1 aliphatic rings. The Morgan fingerprint density at radius 3 is 1.65 bits per heavy atom. The molecule has 0 unspecified atom stereocenters. The van der Waals surface area contributed by atoms with E-state index in [2.05, 4.69) is 22.2 Å². The van der Waals surface area contributed by atoms with Crippen molar-refractivity contribution in [2.45, 2.75) is 26.2 Å². The quantitative estimate of drug-likeness (QED) is 0.580. The van der Waals surface area contributed by atoms with Gasteiger partial charge in [-0.25, -0.2) is 0 Å². The molecule has 0 heterocycles. The Hall–Kier alpha value is -1.59. The number of hydrazone groups is 3. The molecule has 1 rings (SSSR count). The van der Waals surface area contributed by atoms with Gasteiger partial charge in [-0.1, -0.05) is 0 Å². The van der Waals surface area contributed by atoms with Crippen molar-refractivity contribution in [2.24, 2.45) is 21.2 Å². The van der Waals surface area contributed by atoms with Gasteiger partial charge in [0.25, 0.3) is 0 Å². The molecule has 0 radical (unpaired) electrons. The smallest absolute Gasteiger partial charge is 0.0790 e. The third-order valence-corrected chi connectivity index (χ3v) is 2.96. The highest BCUT2D eigenvalue weighted by Crippen LogP contribution is 2.22. The van der Waals surface area contributed by atoms with Gasteiger partial charge >= 0.3 is 0 Å². The molecule has 114 valence electrons. The number of hydrogen-bond acceptors (Lipinski definition) is 6. The van der Waals surface area contributed by atoms with Crippen molar-refractivity contribution in [1.82, 2.24) is 15.0 Å². The molecule has 0 amide bonds. The highest BCUT2D eigenvalue weighted by Gasteiger charge is 2.30. The van der Waals surface area contributed by atoms with E-state index in [0.717, 1.165) is 36.4 Å². The third-order valence-electron chi connectivity index (χ3n) is 2.96. The summed E-state index contributed by atoms with van der Waals surface area (Å²) in [5.74, 6) is 0.121. The van der Waals surface area contributed by atoms with Gasteiger partial charge in [-0.2, -0.15) is 15.3 Å². The molecule has 0 aromatic carbocycles. The summed E-state index contributed by atoms with van der Waals surface area (Å²) in [5.41, 5.74) is 3.37. The summed E-state index contributed by atoms with van der Waals surface area (Å²) in [7, 11) is 11.7. The van der Waals surface area contributed by atoms with E-state index in [0.29, 0.717) is 0 Å². The Kier molecular flexibility index (Phi) is 5.98.